The number of nitrogens with one attached hydrogen (secondary N) is 1. The molecule has 3 heterocycles. The fraction of sp³-hybridized carbons (Fsp3) is 0.438. The van der Waals surface area contributed by atoms with Crippen LogP contribution in [-0.2, 0) is 4.79 Å². The van der Waals surface area contributed by atoms with Crippen molar-refractivity contribution in [1.29, 1.82) is 0 Å². The number of nitrogens with zero attached hydrogens (tertiary/aromatic N) is 5. The zero-order valence-electron chi connectivity index (χ0n) is 14.1. The van der Waals surface area contributed by atoms with Crippen LogP contribution in [0, 0.1) is 5.92 Å². The number of likely N-dealkylation sites (tertiary alicyclic amines) is 1. The maximum Gasteiger partial charge on any atom is 0.303 e. The van der Waals surface area contributed by atoms with Crippen molar-refractivity contribution in [2.45, 2.75) is 12.3 Å². The van der Waals surface area contributed by atoms with Crippen LogP contribution in [-0.4, -0.2) is 69.5 Å². The van der Waals surface area contributed by atoms with Gasteiger partial charge in [-0.3, -0.25) is 9.59 Å². The van der Waals surface area contributed by atoms with Crippen molar-refractivity contribution in [3.63, 3.8) is 0 Å². The molecule has 2 atom stereocenters. The van der Waals surface area contributed by atoms with E-state index in [1.54, 1.807) is 29.4 Å². The molecule has 1 aliphatic rings. The average Bonchev–Trinajstić information content (AvgIpc) is 3.23. The van der Waals surface area contributed by atoms with Crippen LogP contribution in [0.5, 0.6) is 0 Å². The van der Waals surface area contributed by atoms with Gasteiger partial charge in [-0.05, 0) is 18.1 Å². The molecule has 0 bridgehead atoms. The molecule has 9 heteroatoms. The second kappa shape index (κ2) is 6.88. The molecule has 9 nitrogen and oxygen atoms in total. The Balaban J connectivity index is 1.78. The Morgan fingerprint density at radius 1 is 1.32 bits per heavy atom. The number of aromatic nitrogens is 4. The first kappa shape index (κ1) is 16.9. The van der Waals surface area contributed by atoms with E-state index in [1.807, 2.05) is 19.0 Å². The smallest absolute Gasteiger partial charge is 0.303 e. The van der Waals surface area contributed by atoms with Crippen LogP contribution in [0.25, 0.3) is 0 Å². The first-order valence-corrected chi connectivity index (χ1v) is 7.96. The zero-order chi connectivity index (χ0) is 18.0. The molecule has 2 aromatic heterocycles. The summed E-state index contributed by atoms with van der Waals surface area (Å²) in [6.07, 6.45) is 3.12. The summed E-state index contributed by atoms with van der Waals surface area (Å²) < 4.78 is 0. The van der Waals surface area contributed by atoms with Gasteiger partial charge in [0.25, 0.3) is 5.91 Å². The molecular formula is C16H20N6O3. The van der Waals surface area contributed by atoms with Gasteiger partial charge in [-0.1, -0.05) is 0 Å². The fourth-order valence-corrected chi connectivity index (χ4v) is 3.15. The van der Waals surface area contributed by atoms with Crippen LogP contribution in [0.3, 0.4) is 0 Å². The van der Waals surface area contributed by atoms with Crippen LogP contribution in [0.1, 0.15) is 28.4 Å². The van der Waals surface area contributed by atoms with E-state index < -0.39 is 5.97 Å². The third kappa shape index (κ3) is 3.59. The van der Waals surface area contributed by atoms with Crippen LogP contribution >= 0.6 is 0 Å². The minimum absolute atomic E-state index is 0.0148. The number of carbonyl (C=O) groups excluding carboxylic acids is 1. The van der Waals surface area contributed by atoms with Gasteiger partial charge in [0.2, 0.25) is 0 Å². The minimum Gasteiger partial charge on any atom is -0.481 e. The number of amides is 1. The van der Waals surface area contributed by atoms with Crippen LogP contribution < -0.4 is 4.90 Å². The first-order chi connectivity index (χ1) is 12.0. The highest BCUT2D eigenvalue weighted by Crippen LogP contribution is 2.34. The van der Waals surface area contributed by atoms with Gasteiger partial charge >= 0.3 is 5.97 Å². The highest BCUT2D eigenvalue weighted by atomic mass is 16.4. The number of pyridine rings is 1. The minimum atomic E-state index is -0.884. The molecule has 0 spiro atoms. The molecule has 1 amide bonds. The van der Waals surface area contributed by atoms with Crippen molar-refractivity contribution < 1.29 is 14.7 Å². The van der Waals surface area contributed by atoms with Crippen molar-refractivity contribution >= 4 is 17.7 Å². The molecular weight excluding hydrogens is 324 g/mol. The monoisotopic (exact) mass is 344 g/mol. The normalized spacial score (nSPS) is 19.8. The largest absolute Gasteiger partial charge is 0.481 e. The molecule has 25 heavy (non-hydrogen) atoms. The number of H-pyrrole nitrogens is 1. The topological polar surface area (TPSA) is 115 Å². The van der Waals surface area contributed by atoms with Crippen molar-refractivity contribution in [2.75, 3.05) is 32.1 Å². The van der Waals surface area contributed by atoms with E-state index >= 15 is 0 Å². The molecule has 1 aliphatic heterocycles. The van der Waals surface area contributed by atoms with Gasteiger partial charge in [-0.2, -0.15) is 15.4 Å². The summed E-state index contributed by atoms with van der Waals surface area (Å²) in [5.74, 6) is -0.612. The summed E-state index contributed by atoms with van der Waals surface area (Å²) >= 11 is 0. The lowest BCUT2D eigenvalue weighted by Gasteiger charge is -2.17. The maximum atomic E-state index is 12.8. The average molecular weight is 344 g/mol. The maximum absolute atomic E-state index is 12.8. The molecule has 0 aromatic carbocycles. The van der Waals surface area contributed by atoms with E-state index in [4.69, 9.17) is 5.11 Å². The molecule has 1 fully saturated rings. The Hall–Kier alpha value is -2.97. The van der Waals surface area contributed by atoms with Crippen molar-refractivity contribution in [2.24, 2.45) is 5.92 Å². The van der Waals surface area contributed by atoms with E-state index in [9.17, 15) is 9.59 Å². The Morgan fingerprint density at radius 2 is 2.12 bits per heavy atom. The molecule has 1 saturated heterocycles. The number of aromatic amines is 1. The van der Waals surface area contributed by atoms with Gasteiger partial charge in [0.1, 0.15) is 5.82 Å². The Kier molecular flexibility index (Phi) is 4.64. The third-order valence-corrected chi connectivity index (χ3v) is 4.43. The number of rotatable bonds is 5. The van der Waals surface area contributed by atoms with Crippen LogP contribution in [0.4, 0.5) is 5.82 Å². The van der Waals surface area contributed by atoms with Gasteiger partial charge in [-0.15, -0.1) is 0 Å². The summed E-state index contributed by atoms with van der Waals surface area (Å²) in [6, 6.07) is 3.52. The highest BCUT2D eigenvalue weighted by Gasteiger charge is 2.38. The van der Waals surface area contributed by atoms with Gasteiger partial charge in [0, 0.05) is 39.3 Å². The summed E-state index contributed by atoms with van der Waals surface area (Å²) in [5, 5.41) is 19.6. The lowest BCUT2D eigenvalue weighted by Crippen LogP contribution is -2.29. The Labute approximate surface area is 144 Å². The second-order valence-corrected chi connectivity index (χ2v) is 6.37. The number of carboxylic acid groups (broad SMARTS) is 1. The molecule has 132 valence electrons. The molecule has 0 radical (unpaired) electrons. The number of hydrogen-bond donors (Lipinski definition) is 2. The lowest BCUT2D eigenvalue weighted by atomic mass is 9.91. The van der Waals surface area contributed by atoms with Crippen molar-refractivity contribution in [3.05, 3.63) is 35.8 Å². The lowest BCUT2D eigenvalue weighted by molar-refractivity contribution is -0.138. The van der Waals surface area contributed by atoms with Gasteiger partial charge in [0.05, 0.1) is 23.9 Å². The predicted octanol–water partition coefficient (Wildman–Crippen LogP) is 0.596. The fourth-order valence-electron chi connectivity index (χ4n) is 3.15. The Morgan fingerprint density at radius 3 is 2.68 bits per heavy atom. The summed E-state index contributed by atoms with van der Waals surface area (Å²) in [7, 11) is 3.76. The molecule has 2 N–H and O–H groups in total. The predicted molar refractivity (Wildman–Crippen MR) is 89.3 cm³/mol. The van der Waals surface area contributed by atoms with Gasteiger partial charge in [-0.25, -0.2) is 4.98 Å². The zero-order valence-corrected chi connectivity index (χ0v) is 14.1. The molecule has 0 unspecified atom stereocenters. The second-order valence-electron chi connectivity index (χ2n) is 6.37. The van der Waals surface area contributed by atoms with Crippen molar-refractivity contribution in [3.8, 4) is 0 Å². The van der Waals surface area contributed by atoms with Crippen LogP contribution in [0.2, 0.25) is 0 Å². The standard InChI is InChI=1S/C16H20N6O3/c1-21(2)14-4-3-10(6-17-14)16(25)22-8-11(5-15(23)24)12(9-22)13-7-18-20-19-13/h3-4,6-7,11-12H,5,8-9H2,1-2H3,(H,23,24)(H,18,19,20)/t11-,12+/m1/s1. The summed E-state index contributed by atoms with van der Waals surface area (Å²) in [4.78, 5) is 31.7. The summed E-state index contributed by atoms with van der Waals surface area (Å²) in [6.45, 7) is 0.789. The van der Waals surface area contributed by atoms with Gasteiger partial charge in [0.15, 0.2) is 0 Å². The molecule has 0 aliphatic carbocycles. The first-order valence-electron chi connectivity index (χ1n) is 7.96. The van der Waals surface area contributed by atoms with E-state index in [2.05, 4.69) is 20.4 Å². The van der Waals surface area contributed by atoms with E-state index in [0.717, 1.165) is 5.82 Å². The number of anilines is 1. The molecule has 2 aromatic rings. The van der Waals surface area contributed by atoms with Crippen molar-refractivity contribution in [1.82, 2.24) is 25.3 Å². The number of carboxylic acids is 1. The summed E-state index contributed by atoms with van der Waals surface area (Å²) in [5.41, 5.74) is 1.17. The molecule has 0 saturated carbocycles. The molecule has 3 rings (SSSR count). The number of carbonyl (C=O) groups is 2. The SMILES string of the molecule is CN(C)c1ccc(C(=O)N2C[C@@H](CC(=O)O)[C@@H](c3cn[nH]n3)C2)cn1. The number of hydrogen-bond acceptors (Lipinski definition) is 6. The highest BCUT2D eigenvalue weighted by molar-refractivity contribution is 5.94. The number of aliphatic carboxylic acids is 1. The van der Waals surface area contributed by atoms with E-state index in [-0.39, 0.29) is 24.2 Å². The van der Waals surface area contributed by atoms with Crippen LogP contribution in [0.15, 0.2) is 24.5 Å². The van der Waals surface area contributed by atoms with Gasteiger partial charge < -0.3 is 14.9 Å². The quantitative estimate of drug-likeness (QED) is 0.816. The van der Waals surface area contributed by atoms with E-state index in [0.29, 0.717) is 24.3 Å². The Bertz CT molecular complexity index is 744. The van der Waals surface area contributed by atoms with E-state index in [1.165, 1.54) is 0 Å². The third-order valence-electron chi connectivity index (χ3n) is 4.43.